The number of ether oxygens (including phenoxy) is 3. The van der Waals surface area contributed by atoms with E-state index in [0.717, 1.165) is 16.0 Å². The van der Waals surface area contributed by atoms with Gasteiger partial charge in [0.15, 0.2) is 0 Å². The van der Waals surface area contributed by atoms with E-state index in [-0.39, 0.29) is 23.4 Å². The number of barbiturate groups is 1. The fraction of sp³-hybridized carbons (Fsp3) is 0.172. The third-order valence-electron chi connectivity index (χ3n) is 6.13. The SMILES string of the molecule is COC(=O)c1ccc(N2C(=O)NC(=O)/C(=C\c3ccc(OC)cc3OCc3ccc(C)c(C)c3)C2=O)cc1. The second kappa shape index (κ2) is 11.0. The summed E-state index contributed by atoms with van der Waals surface area (Å²) in [6, 6.07) is 15.8. The molecular formula is C29H26N2O7. The molecule has 4 amide bonds. The largest absolute Gasteiger partial charge is 0.497 e. The molecule has 194 valence electrons. The van der Waals surface area contributed by atoms with E-state index in [4.69, 9.17) is 9.47 Å². The zero-order chi connectivity index (χ0) is 27.4. The zero-order valence-corrected chi connectivity index (χ0v) is 21.4. The van der Waals surface area contributed by atoms with Gasteiger partial charge in [-0.05, 0) is 73.0 Å². The van der Waals surface area contributed by atoms with Crippen LogP contribution in [0.2, 0.25) is 0 Å². The molecule has 0 bridgehead atoms. The fourth-order valence-electron chi connectivity index (χ4n) is 3.85. The number of benzene rings is 3. The number of nitrogens with one attached hydrogen (secondary N) is 1. The Balaban J connectivity index is 1.66. The summed E-state index contributed by atoms with van der Waals surface area (Å²) in [7, 11) is 2.77. The first-order valence-electron chi connectivity index (χ1n) is 11.7. The normalized spacial score (nSPS) is 14.4. The van der Waals surface area contributed by atoms with Crippen molar-refractivity contribution in [1.29, 1.82) is 0 Å². The second-order valence-corrected chi connectivity index (χ2v) is 8.61. The average molecular weight is 515 g/mol. The minimum absolute atomic E-state index is 0.180. The number of urea groups is 1. The van der Waals surface area contributed by atoms with E-state index in [9.17, 15) is 19.2 Å². The molecule has 1 saturated heterocycles. The number of hydrogen-bond donors (Lipinski definition) is 1. The minimum atomic E-state index is -0.899. The lowest BCUT2D eigenvalue weighted by molar-refractivity contribution is -0.122. The summed E-state index contributed by atoms with van der Waals surface area (Å²) in [6.07, 6.45) is 1.37. The monoisotopic (exact) mass is 514 g/mol. The van der Waals surface area contributed by atoms with Crippen LogP contribution in [0.1, 0.15) is 32.6 Å². The van der Waals surface area contributed by atoms with Crippen molar-refractivity contribution >= 4 is 35.6 Å². The molecule has 1 fully saturated rings. The number of imide groups is 2. The Morgan fingerprint density at radius 2 is 1.66 bits per heavy atom. The van der Waals surface area contributed by atoms with Gasteiger partial charge in [-0.15, -0.1) is 0 Å². The maximum absolute atomic E-state index is 13.3. The second-order valence-electron chi connectivity index (χ2n) is 8.61. The molecule has 0 atom stereocenters. The van der Waals surface area contributed by atoms with Crippen molar-refractivity contribution in [2.24, 2.45) is 0 Å². The molecule has 3 aromatic carbocycles. The minimum Gasteiger partial charge on any atom is -0.497 e. The van der Waals surface area contributed by atoms with Crippen molar-refractivity contribution < 1.29 is 33.4 Å². The number of methoxy groups -OCH3 is 2. The van der Waals surface area contributed by atoms with Crippen LogP contribution in [-0.4, -0.2) is 38.0 Å². The lowest BCUT2D eigenvalue weighted by Gasteiger charge is -2.26. The zero-order valence-electron chi connectivity index (χ0n) is 21.4. The molecule has 0 aliphatic carbocycles. The lowest BCUT2D eigenvalue weighted by Crippen LogP contribution is -2.54. The van der Waals surface area contributed by atoms with Crippen molar-refractivity contribution in [2.75, 3.05) is 19.1 Å². The highest BCUT2D eigenvalue weighted by molar-refractivity contribution is 6.39. The Morgan fingerprint density at radius 3 is 2.32 bits per heavy atom. The van der Waals surface area contributed by atoms with Crippen molar-refractivity contribution in [3.8, 4) is 11.5 Å². The predicted molar refractivity (Wildman–Crippen MR) is 140 cm³/mol. The number of aryl methyl sites for hydroxylation is 2. The van der Waals surface area contributed by atoms with Gasteiger partial charge in [0.05, 0.1) is 25.5 Å². The first-order valence-corrected chi connectivity index (χ1v) is 11.7. The van der Waals surface area contributed by atoms with Gasteiger partial charge in [-0.25, -0.2) is 14.5 Å². The molecule has 4 rings (SSSR count). The third kappa shape index (κ3) is 5.41. The summed E-state index contributed by atoms with van der Waals surface area (Å²) >= 11 is 0. The predicted octanol–water partition coefficient (Wildman–Crippen LogP) is 4.34. The van der Waals surface area contributed by atoms with Gasteiger partial charge in [0.25, 0.3) is 11.8 Å². The van der Waals surface area contributed by atoms with Crippen molar-refractivity contribution in [1.82, 2.24) is 5.32 Å². The summed E-state index contributed by atoms with van der Waals surface area (Å²) < 4.78 is 16.1. The van der Waals surface area contributed by atoms with Gasteiger partial charge in [0.2, 0.25) is 0 Å². The summed E-state index contributed by atoms with van der Waals surface area (Å²) in [6.45, 7) is 4.30. The van der Waals surface area contributed by atoms with Crippen LogP contribution in [0, 0.1) is 13.8 Å². The van der Waals surface area contributed by atoms with Gasteiger partial charge in [-0.1, -0.05) is 18.2 Å². The van der Waals surface area contributed by atoms with Crippen LogP contribution >= 0.6 is 0 Å². The van der Waals surface area contributed by atoms with E-state index in [0.29, 0.717) is 17.1 Å². The fourth-order valence-corrected chi connectivity index (χ4v) is 3.85. The number of carbonyl (C=O) groups is 4. The molecule has 9 nitrogen and oxygen atoms in total. The number of esters is 1. The molecule has 1 N–H and O–H groups in total. The van der Waals surface area contributed by atoms with Crippen molar-refractivity contribution in [3.63, 3.8) is 0 Å². The van der Waals surface area contributed by atoms with Gasteiger partial charge < -0.3 is 14.2 Å². The van der Waals surface area contributed by atoms with Gasteiger partial charge in [0.1, 0.15) is 23.7 Å². The van der Waals surface area contributed by atoms with Crippen LogP contribution < -0.4 is 19.7 Å². The van der Waals surface area contributed by atoms with Gasteiger partial charge >= 0.3 is 12.0 Å². The highest BCUT2D eigenvalue weighted by Crippen LogP contribution is 2.30. The molecule has 0 saturated carbocycles. The standard InChI is InChI=1S/C29H26N2O7/c1-17-5-6-19(13-18(17)2)16-38-25-15-23(36-3)12-9-21(25)14-24-26(32)30-29(35)31(27(24)33)22-10-7-20(8-11-22)28(34)37-4/h5-15H,16H2,1-4H3,(H,30,32,35)/b24-14+. The summed E-state index contributed by atoms with van der Waals surface area (Å²) in [5, 5.41) is 2.19. The summed E-state index contributed by atoms with van der Waals surface area (Å²) in [4.78, 5) is 51.1. The highest BCUT2D eigenvalue weighted by atomic mass is 16.5. The molecule has 3 aromatic rings. The molecule has 9 heteroatoms. The maximum Gasteiger partial charge on any atom is 0.337 e. The van der Waals surface area contributed by atoms with Crippen LogP contribution in [-0.2, 0) is 20.9 Å². The molecule has 1 aliphatic rings. The van der Waals surface area contributed by atoms with Gasteiger partial charge in [-0.2, -0.15) is 0 Å². The van der Waals surface area contributed by atoms with E-state index >= 15 is 0 Å². The van der Waals surface area contributed by atoms with Crippen molar-refractivity contribution in [2.45, 2.75) is 20.5 Å². The maximum atomic E-state index is 13.3. The Labute approximate surface area is 219 Å². The molecule has 0 unspecified atom stereocenters. The van der Waals surface area contributed by atoms with E-state index < -0.39 is 23.8 Å². The summed E-state index contributed by atoms with van der Waals surface area (Å²) in [5.74, 6) is -1.29. The first-order chi connectivity index (χ1) is 18.2. The molecule has 0 spiro atoms. The molecule has 1 heterocycles. The van der Waals surface area contributed by atoms with Gasteiger partial charge in [-0.3, -0.25) is 14.9 Å². The smallest absolute Gasteiger partial charge is 0.337 e. The van der Waals surface area contributed by atoms with Crippen LogP contribution in [0.4, 0.5) is 10.5 Å². The molecule has 38 heavy (non-hydrogen) atoms. The molecule has 0 aromatic heterocycles. The van der Waals surface area contributed by atoms with E-state index in [1.165, 1.54) is 50.1 Å². The lowest BCUT2D eigenvalue weighted by atomic mass is 10.0. The number of hydrogen-bond acceptors (Lipinski definition) is 7. The Kier molecular flexibility index (Phi) is 7.57. The summed E-state index contributed by atoms with van der Waals surface area (Å²) in [5.41, 5.74) is 3.87. The van der Waals surface area contributed by atoms with Crippen LogP contribution in [0.5, 0.6) is 11.5 Å². The van der Waals surface area contributed by atoms with Crippen LogP contribution in [0.25, 0.3) is 6.08 Å². The Hall–Kier alpha value is -4.92. The Bertz CT molecular complexity index is 1460. The molecule has 1 aliphatic heterocycles. The van der Waals surface area contributed by atoms with Crippen LogP contribution in [0.3, 0.4) is 0 Å². The van der Waals surface area contributed by atoms with E-state index in [1.54, 1.807) is 18.2 Å². The molecular weight excluding hydrogens is 488 g/mol. The van der Waals surface area contributed by atoms with Crippen molar-refractivity contribution in [3.05, 3.63) is 94.1 Å². The average Bonchev–Trinajstić information content (AvgIpc) is 2.91. The van der Waals surface area contributed by atoms with E-state index in [1.807, 2.05) is 32.0 Å². The topological polar surface area (TPSA) is 111 Å². The number of carbonyl (C=O) groups excluding carboxylic acids is 4. The molecule has 0 radical (unpaired) electrons. The van der Waals surface area contributed by atoms with E-state index in [2.05, 4.69) is 10.1 Å². The number of nitrogens with zero attached hydrogens (tertiary/aromatic N) is 1. The first kappa shape index (κ1) is 26.2. The number of amides is 4. The number of anilines is 1. The Morgan fingerprint density at radius 1 is 0.921 bits per heavy atom. The number of rotatable bonds is 7. The van der Waals surface area contributed by atoms with Crippen LogP contribution in [0.15, 0.2) is 66.2 Å². The highest BCUT2D eigenvalue weighted by Gasteiger charge is 2.37. The third-order valence-corrected chi connectivity index (χ3v) is 6.13. The quantitative estimate of drug-likeness (QED) is 0.284. The van der Waals surface area contributed by atoms with Gasteiger partial charge in [0, 0.05) is 11.6 Å².